The van der Waals surface area contributed by atoms with E-state index in [9.17, 15) is 14.4 Å². The van der Waals surface area contributed by atoms with Crippen LogP contribution in [0.3, 0.4) is 0 Å². The number of fused-ring (bicyclic) bond motifs is 1. The van der Waals surface area contributed by atoms with Crippen LogP contribution in [0.15, 0.2) is 50.0 Å². The lowest BCUT2D eigenvalue weighted by Gasteiger charge is -2.14. The van der Waals surface area contributed by atoms with Crippen LogP contribution in [0.2, 0.25) is 10.0 Å². The van der Waals surface area contributed by atoms with Gasteiger partial charge in [0.2, 0.25) is 0 Å². The molecule has 4 rings (SSSR count). The van der Waals surface area contributed by atoms with Crippen LogP contribution in [-0.2, 0) is 4.79 Å². The quantitative estimate of drug-likeness (QED) is 0.430. The van der Waals surface area contributed by atoms with Crippen molar-refractivity contribution in [3.05, 3.63) is 71.5 Å². The molecule has 0 aliphatic carbocycles. The summed E-state index contributed by atoms with van der Waals surface area (Å²) >= 11 is 19.4. The van der Waals surface area contributed by atoms with E-state index in [0.717, 1.165) is 16.8 Å². The van der Waals surface area contributed by atoms with E-state index in [1.165, 1.54) is 35.8 Å². The summed E-state index contributed by atoms with van der Waals surface area (Å²) in [6, 6.07) is 6.26. The molecule has 1 saturated heterocycles. The number of thioether (sulfide) groups is 1. The van der Waals surface area contributed by atoms with E-state index < -0.39 is 17.2 Å². The molecule has 1 fully saturated rings. The first-order valence-corrected chi connectivity index (χ1v) is 10.7. The fourth-order valence-electron chi connectivity index (χ4n) is 2.55. The van der Waals surface area contributed by atoms with Gasteiger partial charge in [-0.25, -0.2) is 0 Å². The van der Waals surface area contributed by atoms with Gasteiger partial charge in [-0.15, -0.1) is 11.3 Å². The monoisotopic (exact) mass is 482 g/mol. The maximum absolute atomic E-state index is 12.8. The number of benzene rings is 1. The van der Waals surface area contributed by atoms with Gasteiger partial charge < -0.3 is 4.42 Å². The second kappa shape index (κ2) is 7.92. The van der Waals surface area contributed by atoms with Crippen LogP contribution < -0.4 is 10.9 Å². The van der Waals surface area contributed by atoms with Crippen LogP contribution >= 0.6 is 58.5 Å². The van der Waals surface area contributed by atoms with Crippen LogP contribution in [0.1, 0.15) is 15.2 Å². The molecule has 0 radical (unpaired) electrons. The summed E-state index contributed by atoms with van der Waals surface area (Å²) in [5.41, 5.74) is 2.40. The molecule has 0 unspecified atom stereocenters. The standard InChI is InChI=1S/C18H8Cl2N2O4S3/c19-9-5-10-14(23)8(7-26-15(10)11(20)6-9)4-13-17(25)22(18(27)29-13)21-16(24)12-2-1-3-28-12/h1-7H,(H,21,24)/b13-4-. The number of thiocarbonyl (C=S) groups is 1. The van der Waals surface area contributed by atoms with Crippen LogP contribution in [-0.4, -0.2) is 21.1 Å². The molecular formula is C18H8Cl2N2O4S3. The first kappa shape index (κ1) is 20.1. The predicted octanol–water partition coefficient (Wildman–Crippen LogP) is 4.71. The molecule has 0 spiro atoms. The zero-order chi connectivity index (χ0) is 20.7. The van der Waals surface area contributed by atoms with Crippen LogP contribution in [0, 0.1) is 0 Å². The Kier molecular flexibility index (Phi) is 5.50. The normalized spacial score (nSPS) is 15.5. The number of thiophene rings is 1. The van der Waals surface area contributed by atoms with Crippen molar-refractivity contribution in [2.45, 2.75) is 0 Å². The van der Waals surface area contributed by atoms with E-state index in [1.54, 1.807) is 17.5 Å². The lowest BCUT2D eigenvalue weighted by molar-refractivity contribution is -0.123. The lowest BCUT2D eigenvalue weighted by Crippen LogP contribution is -2.44. The number of carbonyl (C=O) groups excluding carboxylic acids is 2. The second-order valence-corrected chi connectivity index (χ2v) is 9.19. The highest BCUT2D eigenvalue weighted by Crippen LogP contribution is 2.32. The first-order valence-electron chi connectivity index (χ1n) is 7.88. The fraction of sp³-hybridized carbons (Fsp3) is 0. The van der Waals surface area contributed by atoms with Gasteiger partial charge >= 0.3 is 0 Å². The number of rotatable bonds is 3. The molecule has 29 heavy (non-hydrogen) atoms. The van der Waals surface area contributed by atoms with E-state index in [1.807, 2.05) is 0 Å². The van der Waals surface area contributed by atoms with Gasteiger partial charge in [-0.05, 0) is 41.9 Å². The van der Waals surface area contributed by atoms with E-state index >= 15 is 0 Å². The van der Waals surface area contributed by atoms with Crippen LogP contribution in [0.4, 0.5) is 0 Å². The van der Waals surface area contributed by atoms with Gasteiger partial charge in [-0.3, -0.25) is 19.8 Å². The molecule has 3 aromatic rings. The van der Waals surface area contributed by atoms with Crippen molar-refractivity contribution in [3.63, 3.8) is 0 Å². The van der Waals surface area contributed by atoms with Crippen molar-refractivity contribution in [2.75, 3.05) is 0 Å². The molecule has 1 aliphatic rings. The molecule has 11 heteroatoms. The van der Waals surface area contributed by atoms with E-state index in [4.69, 9.17) is 39.8 Å². The minimum atomic E-state index is -0.548. The molecule has 6 nitrogen and oxygen atoms in total. The summed E-state index contributed by atoms with van der Waals surface area (Å²) in [5.74, 6) is -0.999. The summed E-state index contributed by atoms with van der Waals surface area (Å²) in [6.07, 6.45) is 2.57. The van der Waals surface area contributed by atoms with Gasteiger partial charge in [0, 0.05) is 5.02 Å². The highest BCUT2D eigenvalue weighted by Gasteiger charge is 2.34. The molecule has 2 amide bonds. The summed E-state index contributed by atoms with van der Waals surface area (Å²) in [4.78, 5) is 38.3. The van der Waals surface area contributed by atoms with Gasteiger partial charge in [-0.1, -0.05) is 41.0 Å². The third-order valence-corrected chi connectivity index (χ3v) is 6.53. The number of amides is 2. The maximum Gasteiger partial charge on any atom is 0.285 e. The zero-order valence-corrected chi connectivity index (χ0v) is 18.1. The highest BCUT2D eigenvalue weighted by atomic mass is 35.5. The highest BCUT2D eigenvalue weighted by molar-refractivity contribution is 8.26. The predicted molar refractivity (Wildman–Crippen MR) is 119 cm³/mol. The summed E-state index contributed by atoms with van der Waals surface area (Å²) in [7, 11) is 0. The van der Waals surface area contributed by atoms with Crippen molar-refractivity contribution < 1.29 is 14.0 Å². The van der Waals surface area contributed by atoms with E-state index in [-0.39, 0.29) is 35.8 Å². The zero-order valence-electron chi connectivity index (χ0n) is 14.1. The van der Waals surface area contributed by atoms with Gasteiger partial charge in [-0.2, -0.15) is 5.01 Å². The van der Waals surface area contributed by atoms with E-state index in [0.29, 0.717) is 4.88 Å². The molecule has 146 valence electrons. The molecule has 3 heterocycles. The average Bonchev–Trinajstić information content (AvgIpc) is 3.29. The van der Waals surface area contributed by atoms with E-state index in [2.05, 4.69) is 5.43 Å². The fourth-order valence-corrected chi connectivity index (χ4v) is 4.87. The molecular weight excluding hydrogens is 475 g/mol. The molecule has 1 aliphatic heterocycles. The van der Waals surface area contributed by atoms with Crippen molar-refractivity contribution in [3.8, 4) is 0 Å². The molecule has 0 bridgehead atoms. The first-order chi connectivity index (χ1) is 13.8. The average molecular weight is 483 g/mol. The summed E-state index contributed by atoms with van der Waals surface area (Å²) in [6.45, 7) is 0. The number of carbonyl (C=O) groups is 2. The maximum atomic E-state index is 12.8. The number of hydrogen-bond acceptors (Lipinski definition) is 7. The van der Waals surface area contributed by atoms with Crippen molar-refractivity contribution >= 4 is 91.7 Å². The third kappa shape index (κ3) is 3.84. The number of nitrogens with zero attached hydrogens (tertiary/aromatic N) is 1. The van der Waals surface area contributed by atoms with Crippen molar-refractivity contribution in [1.82, 2.24) is 10.4 Å². The smallest absolute Gasteiger partial charge is 0.285 e. The number of hydrogen-bond donors (Lipinski definition) is 1. The van der Waals surface area contributed by atoms with Crippen LogP contribution in [0.5, 0.6) is 0 Å². The van der Waals surface area contributed by atoms with Gasteiger partial charge in [0.05, 0.1) is 25.8 Å². The molecule has 0 saturated carbocycles. The number of hydrazine groups is 1. The SMILES string of the molecule is O=C(NN1C(=O)/C(=C/c2coc3c(Cl)cc(Cl)cc3c2=O)SC1=S)c1cccs1. The Morgan fingerprint density at radius 1 is 1.28 bits per heavy atom. The van der Waals surface area contributed by atoms with Crippen LogP contribution in [0.25, 0.3) is 17.0 Å². The topological polar surface area (TPSA) is 79.6 Å². The van der Waals surface area contributed by atoms with Crippen molar-refractivity contribution in [1.29, 1.82) is 0 Å². The van der Waals surface area contributed by atoms with Gasteiger partial charge in [0.15, 0.2) is 15.3 Å². The lowest BCUT2D eigenvalue weighted by atomic mass is 10.1. The van der Waals surface area contributed by atoms with Crippen molar-refractivity contribution in [2.24, 2.45) is 0 Å². The van der Waals surface area contributed by atoms with Gasteiger partial charge in [0.25, 0.3) is 11.8 Å². The Morgan fingerprint density at radius 2 is 2.07 bits per heavy atom. The Balaban J connectivity index is 1.66. The molecule has 1 N–H and O–H groups in total. The summed E-state index contributed by atoms with van der Waals surface area (Å²) < 4.78 is 5.59. The Hall–Kier alpha value is -2.17. The summed E-state index contributed by atoms with van der Waals surface area (Å²) in [5, 5.41) is 3.41. The largest absolute Gasteiger partial charge is 0.462 e. The third-order valence-electron chi connectivity index (χ3n) is 3.86. The van der Waals surface area contributed by atoms with Gasteiger partial charge in [0.1, 0.15) is 6.26 Å². The Labute approximate surface area is 187 Å². The Bertz CT molecular complexity index is 1270. The Morgan fingerprint density at radius 3 is 2.79 bits per heavy atom. The number of nitrogens with one attached hydrogen (secondary N) is 1. The molecule has 0 atom stereocenters. The minimum Gasteiger partial charge on any atom is -0.462 e. The minimum absolute atomic E-state index is 0.126. The second-order valence-electron chi connectivity index (χ2n) is 5.72. The molecule has 1 aromatic carbocycles. The molecule has 2 aromatic heterocycles. The number of halogens is 2.